The van der Waals surface area contributed by atoms with E-state index in [1.807, 2.05) is 0 Å². The van der Waals surface area contributed by atoms with Gasteiger partial charge in [-0.05, 0) is 28.6 Å². The lowest BCUT2D eigenvalue weighted by Gasteiger charge is -2.10. The van der Waals surface area contributed by atoms with Gasteiger partial charge < -0.3 is 5.11 Å². The molecule has 0 aliphatic rings. The van der Waals surface area contributed by atoms with Crippen LogP contribution in [0.5, 0.6) is 0 Å². The van der Waals surface area contributed by atoms with Crippen molar-refractivity contribution in [2.75, 3.05) is 5.75 Å². The van der Waals surface area contributed by atoms with Gasteiger partial charge in [-0.1, -0.05) is 11.8 Å². The molecule has 0 spiro atoms. The fraction of sp³-hybridized carbons (Fsp3) is 0.300. The summed E-state index contributed by atoms with van der Waals surface area (Å²) in [6.45, 7) is 0. The van der Waals surface area contributed by atoms with Gasteiger partial charge in [0, 0.05) is 18.4 Å². The topological polar surface area (TPSA) is 63.8 Å². The van der Waals surface area contributed by atoms with E-state index in [1.54, 1.807) is 7.05 Å². The van der Waals surface area contributed by atoms with Crippen LogP contribution in [-0.4, -0.2) is 31.1 Å². The third kappa shape index (κ3) is 2.82. The van der Waals surface area contributed by atoms with Crippen LogP contribution in [0.3, 0.4) is 0 Å². The minimum Gasteiger partial charge on any atom is -0.387 e. The number of tetrazole rings is 1. The molecular formula is C10H10F2N4OS. The Kier molecular flexibility index (Phi) is 3.87. The van der Waals surface area contributed by atoms with E-state index in [-0.39, 0.29) is 11.3 Å². The summed E-state index contributed by atoms with van der Waals surface area (Å²) in [4.78, 5) is 0. The molecule has 0 radical (unpaired) electrons. The molecule has 2 aromatic rings. The smallest absolute Gasteiger partial charge is 0.209 e. The van der Waals surface area contributed by atoms with Crippen molar-refractivity contribution < 1.29 is 13.9 Å². The Morgan fingerprint density at radius 2 is 2.22 bits per heavy atom. The third-order valence-corrected chi connectivity index (χ3v) is 3.36. The molecule has 1 unspecified atom stereocenters. The molecule has 0 aliphatic carbocycles. The van der Waals surface area contributed by atoms with Crippen LogP contribution in [0.15, 0.2) is 23.4 Å². The van der Waals surface area contributed by atoms with Crippen molar-refractivity contribution in [3.63, 3.8) is 0 Å². The lowest BCUT2D eigenvalue weighted by Crippen LogP contribution is -2.05. The molecule has 5 nitrogen and oxygen atoms in total. The van der Waals surface area contributed by atoms with Gasteiger partial charge in [-0.25, -0.2) is 13.5 Å². The molecule has 1 heterocycles. The van der Waals surface area contributed by atoms with Gasteiger partial charge >= 0.3 is 0 Å². The molecule has 2 rings (SSSR count). The summed E-state index contributed by atoms with van der Waals surface area (Å²) in [6.07, 6.45) is -1.12. The number of nitrogens with zero attached hydrogens (tertiary/aromatic N) is 4. The second kappa shape index (κ2) is 5.40. The molecule has 1 aromatic carbocycles. The van der Waals surface area contributed by atoms with Crippen molar-refractivity contribution in [3.05, 3.63) is 35.4 Å². The van der Waals surface area contributed by atoms with E-state index in [9.17, 15) is 13.9 Å². The van der Waals surface area contributed by atoms with Crippen molar-refractivity contribution >= 4 is 11.8 Å². The average Bonchev–Trinajstić information content (AvgIpc) is 2.75. The van der Waals surface area contributed by atoms with Gasteiger partial charge in [-0.3, -0.25) is 0 Å². The second-order valence-corrected chi connectivity index (χ2v) is 4.56. The molecule has 8 heteroatoms. The maximum absolute atomic E-state index is 13.4. The maximum atomic E-state index is 13.4. The molecule has 1 N–H and O–H groups in total. The number of rotatable bonds is 4. The molecule has 18 heavy (non-hydrogen) atoms. The number of halogens is 2. The Labute approximate surface area is 106 Å². The van der Waals surface area contributed by atoms with E-state index in [0.29, 0.717) is 5.16 Å². The van der Waals surface area contributed by atoms with Crippen molar-refractivity contribution in [1.82, 2.24) is 20.2 Å². The standard InChI is InChI=1S/C10H10F2N4OS/c1-16-10(13-14-15-16)18-5-9(17)7-4-6(11)2-3-8(7)12/h2-4,9,17H,5H2,1H3. The summed E-state index contributed by atoms with van der Waals surface area (Å²) in [5, 5.41) is 21.1. The SMILES string of the molecule is Cn1nnnc1SCC(O)c1cc(F)ccc1F. The monoisotopic (exact) mass is 272 g/mol. The number of aliphatic hydroxyl groups excluding tert-OH is 1. The first-order valence-corrected chi connectivity index (χ1v) is 6.04. The van der Waals surface area contributed by atoms with Gasteiger partial charge in [0.25, 0.3) is 0 Å². The largest absolute Gasteiger partial charge is 0.387 e. The summed E-state index contributed by atoms with van der Waals surface area (Å²) < 4.78 is 27.8. The summed E-state index contributed by atoms with van der Waals surface area (Å²) in [7, 11) is 1.65. The Hall–Kier alpha value is -1.54. The second-order valence-electron chi connectivity index (χ2n) is 3.58. The van der Waals surface area contributed by atoms with Gasteiger partial charge in [-0.15, -0.1) is 5.10 Å². The summed E-state index contributed by atoms with van der Waals surface area (Å²) in [5.41, 5.74) is -0.0716. The van der Waals surface area contributed by atoms with Crippen LogP contribution in [0.25, 0.3) is 0 Å². The average molecular weight is 272 g/mol. The van der Waals surface area contributed by atoms with Crippen molar-refractivity contribution in [1.29, 1.82) is 0 Å². The molecule has 0 fully saturated rings. The number of aromatic nitrogens is 4. The van der Waals surface area contributed by atoms with Crippen LogP contribution in [0, 0.1) is 11.6 Å². The van der Waals surface area contributed by atoms with E-state index < -0.39 is 17.7 Å². The molecule has 1 atom stereocenters. The van der Waals surface area contributed by atoms with Gasteiger partial charge in [0.05, 0.1) is 6.10 Å². The zero-order valence-corrected chi connectivity index (χ0v) is 10.2. The third-order valence-electron chi connectivity index (χ3n) is 2.27. The zero-order valence-electron chi connectivity index (χ0n) is 9.42. The highest BCUT2D eigenvalue weighted by atomic mass is 32.2. The summed E-state index contributed by atoms with van der Waals surface area (Å²) in [6, 6.07) is 2.98. The van der Waals surface area contributed by atoms with Crippen LogP contribution in [0.1, 0.15) is 11.7 Å². The molecule has 0 amide bonds. The Bertz CT molecular complexity index is 548. The normalized spacial score (nSPS) is 12.7. The molecule has 0 saturated carbocycles. The number of hydrogen-bond donors (Lipinski definition) is 1. The minimum absolute atomic E-state index is 0.0716. The quantitative estimate of drug-likeness (QED) is 0.850. The molecule has 1 aromatic heterocycles. The van der Waals surface area contributed by atoms with E-state index in [1.165, 1.54) is 4.68 Å². The van der Waals surface area contributed by atoms with Crippen LogP contribution >= 0.6 is 11.8 Å². The highest BCUT2D eigenvalue weighted by Crippen LogP contribution is 2.24. The van der Waals surface area contributed by atoms with E-state index in [0.717, 1.165) is 30.0 Å². The van der Waals surface area contributed by atoms with Crippen molar-refractivity contribution in [2.24, 2.45) is 7.05 Å². The Balaban J connectivity index is 2.06. The molecular weight excluding hydrogens is 262 g/mol. The fourth-order valence-electron chi connectivity index (χ4n) is 1.36. The lowest BCUT2D eigenvalue weighted by atomic mass is 10.1. The highest BCUT2D eigenvalue weighted by Gasteiger charge is 2.15. The maximum Gasteiger partial charge on any atom is 0.209 e. The number of benzene rings is 1. The first kappa shape index (κ1) is 12.9. The predicted molar refractivity (Wildman–Crippen MR) is 60.8 cm³/mol. The zero-order chi connectivity index (χ0) is 13.1. The summed E-state index contributed by atoms with van der Waals surface area (Å²) in [5.74, 6) is -1.09. The predicted octanol–water partition coefficient (Wildman–Crippen LogP) is 1.31. The van der Waals surface area contributed by atoms with Gasteiger partial charge in [-0.2, -0.15) is 0 Å². The van der Waals surface area contributed by atoms with Crippen molar-refractivity contribution in [3.8, 4) is 0 Å². The Morgan fingerprint density at radius 3 is 2.89 bits per heavy atom. The molecule has 96 valence electrons. The fourth-order valence-corrected chi connectivity index (χ4v) is 2.16. The van der Waals surface area contributed by atoms with Gasteiger partial charge in [0.1, 0.15) is 11.6 Å². The van der Waals surface area contributed by atoms with E-state index >= 15 is 0 Å². The number of hydrogen-bond acceptors (Lipinski definition) is 5. The minimum atomic E-state index is -1.12. The van der Waals surface area contributed by atoms with Crippen LogP contribution in [-0.2, 0) is 7.05 Å². The van der Waals surface area contributed by atoms with E-state index in [2.05, 4.69) is 15.5 Å². The first-order valence-electron chi connectivity index (χ1n) is 5.06. The van der Waals surface area contributed by atoms with E-state index in [4.69, 9.17) is 0 Å². The van der Waals surface area contributed by atoms with Crippen molar-refractivity contribution in [2.45, 2.75) is 11.3 Å². The van der Waals surface area contributed by atoms with Gasteiger partial charge in [0.15, 0.2) is 0 Å². The summed E-state index contributed by atoms with van der Waals surface area (Å²) >= 11 is 1.16. The first-order chi connectivity index (χ1) is 8.58. The lowest BCUT2D eigenvalue weighted by molar-refractivity contribution is 0.198. The molecule has 0 bridgehead atoms. The highest BCUT2D eigenvalue weighted by molar-refractivity contribution is 7.99. The van der Waals surface area contributed by atoms with Crippen LogP contribution in [0.4, 0.5) is 8.78 Å². The number of aryl methyl sites for hydroxylation is 1. The Morgan fingerprint density at radius 1 is 1.44 bits per heavy atom. The van der Waals surface area contributed by atoms with Gasteiger partial charge in [0.2, 0.25) is 5.16 Å². The molecule has 0 aliphatic heterocycles. The van der Waals surface area contributed by atoms with Crippen LogP contribution in [0.2, 0.25) is 0 Å². The number of thioether (sulfide) groups is 1. The molecule has 0 saturated heterocycles. The number of aliphatic hydroxyl groups is 1. The van der Waals surface area contributed by atoms with Crippen LogP contribution < -0.4 is 0 Å².